The van der Waals surface area contributed by atoms with Crippen LogP contribution in [0.1, 0.15) is 39.5 Å². The summed E-state index contributed by atoms with van der Waals surface area (Å²) in [6, 6.07) is -0.0277. The maximum absolute atomic E-state index is 13.3. The first kappa shape index (κ1) is 27.6. The van der Waals surface area contributed by atoms with Gasteiger partial charge >= 0.3 is 5.97 Å². The number of nitrogens with zero attached hydrogens (tertiary/aromatic N) is 3. The molecule has 38 heavy (non-hydrogen) atoms. The van der Waals surface area contributed by atoms with Crippen molar-refractivity contribution in [2.24, 2.45) is 23.7 Å². The first-order valence-corrected chi connectivity index (χ1v) is 14.8. The zero-order valence-electron chi connectivity index (χ0n) is 22.8. The van der Waals surface area contributed by atoms with E-state index in [0.29, 0.717) is 37.9 Å². The molecule has 4 fully saturated rings. The molecular formula is C27H41N5O5S. The van der Waals surface area contributed by atoms with Crippen LogP contribution in [0.25, 0.3) is 0 Å². The molecule has 0 aromatic heterocycles. The molecule has 2 unspecified atom stereocenters. The maximum Gasteiger partial charge on any atom is 0.353 e. The van der Waals surface area contributed by atoms with Crippen LogP contribution in [0.4, 0.5) is 0 Å². The van der Waals surface area contributed by atoms with Crippen molar-refractivity contribution in [1.82, 2.24) is 25.3 Å². The molecule has 5 aliphatic heterocycles. The van der Waals surface area contributed by atoms with E-state index in [-0.39, 0.29) is 58.4 Å². The zero-order chi connectivity index (χ0) is 27.3. The average Bonchev–Trinajstić information content (AvgIpc) is 3.55. The van der Waals surface area contributed by atoms with Crippen LogP contribution in [0.5, 0.6) is 0 Å². The van der Waals surface area contributed by atoms with Crippen LogP contribution in [-0.4, -0.2) is 114 Å². The summed E-state index contributed by atoms with van der Waals surface area (Å²) in [5.74, 6) is -1.07. The van der Waals surface area contributed by atoms with E-state index in [2.05, 4.69) is 15.5 Å². The Morgan fingerprint density at radius 3 is 2.68 bits per heavy atom. The lowest BCUT2D eigenvalue weighted by molar-refractivity contribution is -0.160. The van der Waals surface area contributed by atoms with Gasteiger partial charge in [0.05, 0.1) is 24.5 Å². The Bertz CT molecular complexity index is 1030. The number of likely N-dealkylation sites (tertiary alicyclic amines) is 1. The highest BCUT2D eigenvalue weighted by molar-refractivity contribution is 8.03. The number of β-lactam (4-membered cyclic amide) rings is 1. The number of fused-ring (bicyclic) bond motifs is 2. The largest absolute Gasteiger partial charge is 0.477 e. The number of thioether (sulfide) groups is 1. The molecule has 210 valence electrons. The number of hydrogen-bond donors (Lipinski definition) is 3. The molecule has 0 aromatic carbocycles. The van der Waals surface area contributed by atoms with E-state index in [4.69, 9.17) is 0 Å². The third kappa shape index (κ3) is 4.91. The number of Topliss-reactive ketones (excluding diaryl/α,β-unsaturated/α-hetero) is 1. The highest BCUT2D eigenvalue weighted by Crippen LogP contribution is 2.53. The Morgan fingerprint density at radius 2 is 1.97 bits per heavy atom. The third-order valence-corrected chi connectivity index (χ3v) is 10.8. The van der Waals surface area contributed by atoms with Crippen molar-refractivity contribution in [3.05, 3.63) is 10.6 Å². The standard InChI is InChI=1S/C27H41N5O5S/c1-14(9-17(33)13-31-8-6-16-11-28-7-5-20(16)31)21-22-15(2)24(23(27(36)37)32(22)26(21)35)38-18-10-19(29-12-18)25(34)30(3)4/h14-16,18-22,28-29H,5-13H2,1-4H3,(H,36,37)/t14-,15+,16?,18-,19-,20?,21+,22+/m0/s1. The summed E-state index contributed by atoms with van der Waals surface area (Å²) >= 11 is 1.49. The topological polar surface area (TPSA) is 122 Å². The Kier molecular flexibility index (Phi) is 7.92. The van der Waals surface area contributed by atoms with Crippen molar-refractivity contribution in [2.75, 3.05) is 46.8 Å². The molecule has 5 rings (SSSR count). The lowest BCUT2D eigenvalue weighted by atomic mass is 9.73. The number of likely N-dealkylation sites (N-methyl/N-ethyl adjacent to an activating group) is 1. The van der Waals surface area contributed by atoms with Crippen LogP contribution < -0.4 is 10.6 Å². The van der Waals surface area contributed by atoms with Crippen molar-refractivity contribution in [1.29, 1.82) is 0 Å². The average molecular weight is 548 g/mol. The van der Waals surface area contributed by atoms with E-state index in [1.165, 1.54) is 16.7 Å². The minimum absolute atomic E-state index is 0.0159. The molecule has 8 atom stereocenters. The lowest BCUT2D eigenvalue weighted by Crippen LogP contribution is -2.62. The lowest BCUT2D eigenvalue weighted by Gasteiger charge is -2.47. The smallest absolute Gasteiger partial charge is 0.353 e. The van der Waals surface area contributed by atoms with Gasteiger partial charge in [-0.05, 0) is 50.7 Å². The summed E-state index contributed by atoms with van der Waals surface area (Å²) in [4.78, 5) is 57.1. The Hall–Kier alpha value is -1.95. The molecule has 2 amide bonds. The predicted octanol–water partition coefficient (Wildman–Crippen LogP) is 0.590. The normalized spacial score (nSPS) is 35.6. The number of piperidine rings is 1. The van der Waals surface area contributed by atoms with Crippen LogP contribution in [0.2, 0.25) is 0 Å². The summed E-state index contributed by atoms with van der Waals surface area (Å²) in [6.45, 7) is 7.99. The van der Waals surface area contributed by atoms with Gasteiger partial charge in [0, 0.05) is 49.2 Å². The number of carbonyl (C=O) groups is 4. The maximum atomic E-state index is 13.3. The number of carboxylic acid groups (broad SMARTS) is 1. The summed E-state index contributed by atoms with van der Waals surface area (Å²) in [5.41, 5.74) is 0.0867. The minimum atomic E-state index is -1.09. The first-order chi connectivity index (χ1) is 18.1. The van der Waals surface area contributed by atoms with Crippen molar-refractivity contribution < 1.29 is 24.3 Å². The molecule has 0 spiro atoms. The number of amides is 2. The molecule has 0 aromatic rings. The Balaban J connectivity index is 1.21. The second-order valence-corrected chi connectivity index (χ2v) is 13.3. The van der Waals surface area contributed by atoms with Gasteiger partial charge in [0.25, 0.3) is 0 Å². The quantitative estimate of drug-likeness (QED) is 0.356. The van der Waals surface area contributed by atoms with Gasteiger partial charge in [0.15, 0.2) is 0 Å². The minimum Gasteiger partial charge on any atom is -0.477 e. The van der Waals surface area contributed by atoms with Gasteiger partial charge in [-0.15, -0.1) is 11.8 Å². The molecule has 0 bridgehead atoms. The van der Waals surface area contributed by atoms with Gasteiger partial charge in [0.1, 0.15) is 11.5 Å². The van der Waals surface area contributed by atoms with Gasteiger partial charge in [-0.2, -0.15) is 0 Å². The molecular weight excluding hydrogens is 506 g/mol. The van der Waals surface area contributed by atoms with Crippen LogP contribution in [0.15, 0.2) is 10.6 Å². The van der Waals surface area contributed by atoms with Gasteiger partial charge < -0.3 is 25.5 Å². The molecule has 0 aliphatic carbocycles. The van der Waals surface area contributed by atoms with Crippen LogP contribution >= 0.6 is 11.8 Å². The molecule has 0 saturated carbocycles. The molecule has 0 radical (unpaired) electrons. The predicted molar refractivity (Wildman–Crippen MR) is 144 cm³/mol. The van der Waals surface area contributed by atoms with Gasteiger partial charge in [-0.3, -0.25) is 19.3 Å². The summed E-state index contributed by atoms with van der Waals surface area (Å²) < 4.78 is 0. The van der Waals surface area contributed by atoms with Gasteiger partial charge in [-0.1, -0.05) is 13.8 Å². The number of aliphatic carboxylic acids is 1. The summed E-state index contributed by atoms with van der Waals surface area (Å²) in [5, 5.41) is 16.8. The Labute approximate surface area is 228 Å². The first-order valence-electron chi connectivity index (χ1n) is 14.0. The van der Waals surface area contributed by atoms with Crippen LogP contribution in [-0.2, 0) is 19.2 Å². The number of ketones is 1. The van der Waals surface area contributed by atoms with Crippen molar-refractivity contribution in [2.45, 2.75) is 62.9 Å². The molecule has 5 heterocycles. The molecule has 4 saturated heterocycles. The monoisotopic (exact) mass is 547 g/mol. The summed E-state index contributed by atoms with van der Waals surface area (Å²) in [7, 11) is 3.46. The molecule has 3 N–H and O–H groups in total. The number of hydrogen-bond acceptors (Lipinski definition) is 8. The van der Waals surface area contributed by atoms with E-state index >= 15 is 0 Å². The number of carbonyl (C=O) groups excluding carboxylic acids is 3. The van der Waals surface area contributed by atoms with Crippen molar-refractivity contribution in [3.63, 3.8) is 0 Å². The van der Waals surface area contributed by atoms with E-state index in [1.807, 2.05) is 13.8 Å². The fraction of sp³-hybridized carbons (Fsp3) is 0.778. The molecule has 5 aliphatic rings. The summed E-state index contributed by atoms with van der Waals surface area (Å²) in [6.07, 6.45) is 3.16. The van der Waals surface area contributed by atoms with Crippen LogP contribution in [0.3, 0.4) is 0 Å². The highest BCUT2D eigenvalue weighted by Gasteiger charge is 2.60. The Morgan fingerprint density at radius 1 is 1.21 bits per heavy atom. The fourth-order valence-corrected chi connectivity index (χ4v) is 8.87. The molecule has 11 heteroatoms. The fourth-order valence-electron chi connectivity index (χ4n) is 7.39. The van der Waals surface area contributed by atoms with Crippen LogP contribution in [0, 0.1) is 23.7 Å². The van der Waals surface area contributed by atoms with E-state index in [1.54, 1.807) is 19.0 Å². The van der Waals surface area contributed by atoms with Gasteiger partial charge in [0.2, 0.25) is 11.8 Å². The second kappa shape index (κ2) is 10.9. The van der Waals surface area contributed by atoms with Gasteiger partial charge in [-0.25, -0.2) is 4.79 Å². The number of nitrogens with one attached hydrogen (secondary N) is 2. The molecule has 10 nitrogen and oxygen atoms in total. The van der Waals surface area contributed by atoms with E-state index in [9.17, 15) is 24.3 Å². The number of rotatable bonds is 9. The highest BCUT2D eigenvalue weighted by atomic mass is 32.2. The van der Waals surface area contributed by atoms with Crippen molar-refractivity contribution in [3.8, 4) is 0 Å². The third-order valence-electron chi connectivity index (χ3n) is 9.28. The van der Waals surface area contributed by atoms with E-state index in [0.717, 1.165) is 37.4 Å². The van der Waals surface area contributed by atoms with E-state index < -0.39 is 5.97 Å². The second-order valence-electron chi connectivity index (χ2n) is 12.0. The van der Waals surface area contributed by atoms with Crippen molar-refractivity contribution >= 4 is 35.3 Å². The number of carboxylic acids is 1. The SMILES string of the molecule is C[C@@H](CC(=O)CN1CCC2CNCCC21)[C@H]1C(=O)N2C(C(=O)O)=C(S[C@@H]3CN[C@H](C(=O)N(C)C)C3)[C@H](C)[C@H]12. The zero-order valence-corrected chi connectivity index (χ0v) is 23.6.